The highest BCUT2D eigenvalue weighted by Crippen LogP contribution is 2.38. The Morgan fingerprint density at radius 3 is 2.61 bits per heavy atom. The second-order valence-electron chi connectivity index (χ2n) is 7.96. The summed E-state index contributed by atoms with van der Waals surface area (Å²) in [6.07, 6.45) is 8.30. The minimum absolute atomic E-state index is 0.0424. The van der Waals surface area contributed by atoms with E-state index in [9.17, 15) is 14.0 Å². The molecule has 33 heavy (non-hydrogen) atoms. The lowest BCUT2D eigenvalue weighted by Gasteiger charge is -2.29. The molecule has 0 bridgehead atoms. The molecule has 1 aromatic carbocycles. The Morgan fingerprint density at radius 2 is 1.85 bits per heavy atom. The van der Waals surface area contributed by atoms with Crippen molar-refractivity contribution in [2.45, 2.75) is 38.1 Å². The van der Waals surface area contributed by atoms with E-state index in [0.717, 1.165) is 25.7 Å². The largest absolute Gasteiger partial charge is 0.438 e. The minimum atomic E-state index is -0.402. The van der Waals surface area contributed by atoms with Crippen LogP contribution in [0.25, 0.3) is 11.7 Å². The lowest BCUT2D eigenvalue weighted by Crippen LogP contribution is -2.39. The number of benzene rings is 1. The Balaban J connectivity index is 1.57. The molecule has 168 valence electrons. The fourth-order valence-electron chi connectivity index (χ4n) is 4.16. The summed E-state index contributed by atoms with van der Waals surface area (Å²) in [4.78, 5) is 33.1. The SMILES string of the molecule is O=C1/C(=C\c2c(Oc3ccc(F)cc3)nc3ccccn3c2=O)SC(=S)N1C1CCCCC1. The predicted octanol–water partition coefficient (Wildman–Crippen LogP) is 5.16. The molecule has 3 aromatic rings. The smallest absolute Gasteiger partial charge is 0.269 e. The number of carbonyl (C=O) groups excluding carboxylic acids is 1. The van der Waals surface area contributed by atoms with Crippen LogP contribution in [0.5, 0.6) is 11.6 Å². The van der Waals surface area contributed by atoms with Gasteiger partial charge in [0.2, 0.25) is 5.88 Å². The normalized spacial score (nSPS) is 18.5. The van der Waals surface area contributed by atoms with Gasteiger partial charge < -0.3 is 4.74 Å². The number of halogens is 1. The van der Waals surface area contributed by atoms with Gasteiger partial charge in [0, 0.05) is 12.2 Å². The molecule has 1 aliphatic heterocycles. The van der Waals surface area contributed by atoms with Crippen LogP contribution < -0.4 is 10.3 Å². The Morgan fingerprint density at radius 1 is 1.09 bits per heavy atom. The van der Waals surface area contributed by atoms with Gasteiger partial charge in [0.05, 0.1) is 4.91 Å². The average molecular weight is 482 g/mol. The molecule has 5 rings (SSSR count). The summed E-state index contributed by atoms with van der Waals surface area (Å²) in [5.41, 5.74) is 0.152. The molecular formula is C24H20FN3O3S2. The number of thiocarbonyl (C=S) groups is 1. The first-order valence-corrected chi connectivity index (χ1v) is 12.0. The summed E-state index contributed by atoms with van der Waals surface area (Å²) in [6.45, 7) is 0. The molecule has 0 radical (unpaired) electrons. The van der Waals surface area contributed by atoms with Crippen LogP contribution in [-0.4, -0.2) is 30.6 Å². The molecule has 9 heteroatoms. The van der Waals surface area contributed by atoms with Gasteiger partial charge in [-0.3, -0.25) is 18.9 Å². The lowest BCUT2D eigenvalue weighted by atomic mass is 9.94. The first-order valence-electron chi connectivity index (χ1n) is 10.7. The quantitative estimate of drug-likeness (QED) is 0.379. The zero-order chi connectivity index (χ0) is 22.9. The average Bonchev–Trinajstić information content (AvgIpc) is 3.11. The van der Waals surface area contributed by atoms with Gasteiger partial charge in [-0.25, -0.2) is 4.39 Å². The molecule has 1 saturated carbocycles. The van der Waals surface area contributed by atoms with Crippen LogP contribution in [-0.2, 0) is 4.79 Å². The number of hydrogen-bond donors (Lipinski definition) is 0. The number of aromatic nitrogens is 2. The van der Waals surface area contributed by atoms with Gasteiger partial charge in [-0.1, -0.05) is 49.3 Å². The summed E-state index contributed by atoms with van der Waals surface area (Å²) in [6, 6.07) is 10.7. The molecule has 1 saturated heterocycles. The van der Waals surface area contributed by atoms with Gasteiger partial charge >= 0.3 is 0 Å². The molecular weight excluding hydrogens is 461 g/mol. The standard InChI is InChI=1S/C24H20FN3O3S2/c25-15-9-11-17(12-10-15)31-21-18(22(29)27-13-5-4-8-20(27)26-21)14-19-23(30)28(24(32)33-19)16-6-2-1-3-7-16/h4-5,8-14,16H,1-3,6-7H2/b19-14+. The number of thioether (sulfide) groups is 1. The summed E-state index contributed by atoms with van der Waals surface area (Å²) >= 11 is 6.70. The van der Waals surface area contributed by atoms with Gasteiger partial charge in [0.1, 0.15) is 27.1 Å². The number of carbonyl (C=O) groups is 1. The van der Waals surface area contributed by atoms with Crippen LogP contribution >= 0.6 is 24.0 Å². The molecule has 0 unspecified atom stereocenters. The Bertz CT molecular complexity index is 1330. The third-order valence-corrected chi connectivity index (χ3v) is 7.13. The van der Waals surface area contributed by atoms with Crippen molar-refractivity contribution in [2.75, 3.05) is 0 Å². The third kappa shape index (κ3) is 4.30. The van der Waals surface area contributed by atoms with Crippen LogP contribution in [0.3, 0.4) is 0 Å². The van der Waals surface area contributed by atoms with E-state index in [2.05, 4.69) is 4.98 Å². The summed E-state index contributed by atoms with van der Waals surface area (Å²) in [7, 11) is 0. The highest BCUT2D eigenvalue weighted by atomic mass is 32.2. The van der Waals surface area contributed by atoms with Gasteiger partial charge in [-0.05, 0) is 55.3 Å². The molecule has 2 aromatic heterocycles. The van der Waals surface area contributed by atoms with Gasteiger partial charge in [-0.2, -0.15) is 4.98 Å². The van der Waals surface area contributed by atoms with Crippen molar-refractivity contribution in [1.29, 1.82) is 0 Å². The number of rotatable bonds is 4. The van der Waals surface area contributed by atoms with Gasteiger partial charge in [0.15, 0.2) is 0 Å². The fraction of sp³-hybridized carbons (Fsp3) is 0.250. The highest BCUT2D eigenvalue weighted by Gasteiger charge is 2.37. The van der Waals surface area contributed by atoms with Gasteiger partial charge in [-0.15, -0.1) is 0 Å². The van der Waals surface area contributed by atoms with Crippen molar-refractivity contribution in [3.8, 4) is 11.6 Å². The van der Waals surface area contributed by atoms with E-state index in [0.29, 0.717) is 20.6 Å². The van der Waals surface area contributed by atoms with Crippen LogP contribution in [0.1, 0.15) is 37.7 Å². The second-order valence-corrected chi connectivity index (χ2v) is 9.64. The number of ether oxygens (including phenoxy) is 1. The van der Waals surface area contributed by atoms with E-state index in [-0.39, 0.29) is 29.0 Å². The van der Waals surface area contributed by atoms with Crippen molar-refractivity contribution >= 4 is 45.9 Å². The van der Waals surface area contributed by atoms with E-state index in [4.69, 9.17) is 17.0 Å². The number of fused-ring (bicyclic) bond motifs is 1. The van der Waals surface area contributed by atoms with Crippen molar-refractivity contribution in [1.82, 2.24) is 14.3 Å². The zero-order valence-corrected chi connectivity index (χ0v) is 19.2. The molecule has 0 atom stereocenters. The molecule has 2 fully saturated rings. The maximum absolute atomic E-state index is 13.3. The van der Waals surface area contributed by atoms with Crippen molar-refractivity contribution in [2.24, 2.45) is 0 Å². The maximum Gasteiger partial charge on any atom is 0.269 e. The Labute approximate surface area is 199 Å². The van der Waals surface area contributed by atoms with Crippen molar-refractivity contribution < 1.29 is 13.9 Å². The molecule has 3 heterocycles. The summed E-state index contributed by atoms with van der Waals surface area (Å²) in [5, 5.41) is 0. The molecule has 1 amide bonds. The highest BCUT2D eigenvalue weighted by molar-refractivity contribution is 8.26. The Kier molecular flexibility index (Phi) is 5.99. The molecule has 2 aliphatic rings. The monoisotopic (exact) mass is 481 g/mol. The number of pyridine rings is 1. The number of amides is 1. The second kappa shape index (κ2) is 9.07. The first-order chi connectivity index (χ1) is 16.0. The van der Waals surface area contributed by atoms with Crippen molar-refractivity contribution in [3.63, 3.8) is 0 Å². The topological polar surface area (TPSA) is 63.9 Å². The number of hydrogen-bond acceptors (Lipinski definition) is 6. The van der Waals surface area contributed by atoms with E-state index in [1.807, 2.05) is 0 Å². The fourth-order valence-corrected chi connectivity index (χ4v) is 5.55. The van der Waals surface area contributed by atoms with Crippen molar-refractivity contribution in [3.05, 3.63) is 75.3 Å². The molecule has 6 nitrogen and oxygen atoms in total. The maximum atomic E-state index is 13.3. The Hall–Kier alpha value is -3.04. The lowest BCUT2D eigenvalue weighted by molar-refractivity contribution is -0.124. The van der Waals surface area contributed by atoms with Gasteiger partial charge in [0.25, 0.3) is 11.5 Å². The summed E-state index contributed by atoms with van der Waals surface area (Å²) < 4.78 is 21.1. The van der Waals surface area contributed by atoms with Crippen LogP contribution in [0.4, 0.5) is 4.39 Å². The molecule has 0 spiro atoms. The zero-order valence-electron chi connectivity index (χ0n) is 17.6. The summed E-state index contributed by atoms with van der Waals surface area (Å²) in [5.74, 6) is -0.226. The minimum Gasteiger partial charge on any atom is -0.438 e. The number of nitrogens with zero attached hydrogens (tertiary/aromatic N) is 3. The molecule has 0 N–H and O–H groups in total. The van der Waals surface area contributed by atoms with E-state index in [1.54, 1.807) is 29.3 Å². The van der Waals surface area contributed by atoms with E-state index < -0.39 is 5.82 Å². The van der Waals surface area contributed by atoms with Crippen LogP contribution in [0.15, 0.2) is 58.4 Å². The first kappa shape index (κ1) is 21.8. The molecule has 1 aliphatic carbocycles. The van der Waals surface area contributed by atoms with E-state index >= 15 is 0 Å². The van der Waals surface area contributed by atoms with E-state index in [1.165, 1.54) is 52.9 Å². The van der Waals surface area contributed by atoms with Crippen LogP contribution in [0.2, 0.25) is 0 Å². The van der Waals surface area contributed by atoms with Crippen LogP contribution in [0, 0.1) is 5.82 Å². The predicted molar refractivity (Wildman–Crippen MR) is 130 cm³/mol. The third-order valence-electron chi connectivity index (χ3n) is 5.80.